The second kappa shape index (κ2) is 7.05. The molecule has 134 valence electrons. The number of fused-ring (bicyclic) bond motifs is 1. The zero-order valence-corrected chi connectivity index (χ0v) is 14.4. The molecule has 0 atom stereocenters. The molecule has 7 nitrogen and oxygen atoms in total. The van der Waals surface area contributed by atoms with Crippen LogP contribution in [0.4, 0.5) is 5.69 Å². The van der Waals surface area contributed by atoms with Gasteiger partial charge in [0.05, 0.1) is 9.95 Å². The van der Waals surface area contributed by atoms with E-state index < -0.39 is 10.5 Å². The van der Waals surface area contributed by atoms with E-state index in [9.17, 15) is 20.0 Å². The van der Waals surface area contributed by atoms with E-state index in [1.54, 1.807) is 6.07 Å². The van der Waals surface area contributed by atoms with Gasteiger partial charge >= 0.3 is 5.63 Å². The van der Waals surface area contributed by atoms with E-state index in [4.69, 9.17) is 20.8 Å². The Labute approximate surface area is 152 Å². The maximum absolute atomic E-state index is 11.8. The Kier molecular flexibility index (Phi) is 4.81. The van der Waals surface area contributed by atoms with Gasteiger partial charge in [-0.05, 0) is 24.1 Å². The van der Waals surface area contributed by atoms with Crippen LogP contribution in [0, 0.1) is 10.1 Å². The van der Waals surface area contributed by atoms with E-state index in [2.05, 4.69) is 0 Å². The molecule has 1 heterocycles. The number of aromatic hydroxyl groups is 1. The van der Waals surface area contributed by atoms with Gasteiger partial charge in [0.25, 0.3) is 5.69 Å². The van der Waals surface area contributed by atoms with Crippen molar-refractivity contribution in [3.63, 3.8) is 0 Å². The fraction of sp³-hybridized carbons (Fsp3) is 0.167. The molecule has 0 bridgehead atoms. The molecule has 3 rings (SSSR count). The largest absolute Gasteiger partial charge is 0.508 e. The zero-order chi connectivity index (χ0) is 18.8. The highest BCUT2D eigenvalue weighted by molar-refractivity contribution is 6.32. The predicted molar refractivity (Wildman–Crippen MR) is 96.0 cm³/mol. The molecule has 0 aliphatic carbocycles. The van der Waals surface area contributed by atoms with Gasteiger partial charge in [0.2, 0.25) is 0 Å². The topological polar surface area (TPSA) is 103 Å². The minimum atomic E-state index is -0.574. The van der Waals surface area contributed by atoms with Gasteiger partial charge in [-0.3, -0.25) is 10.1 Å². The average Bonchev–Trinajstić information content (AvgIpc) is 2.59. The Hall–Kier alpha value is -3.06. The molecule has 26 heavy (non-hydrogen) atoms. The van der Waals surface area contributed by atoms with Gasteiger partial charge in [-0.15, -0.1) is 0 Å². The SMILES string of the molecule is CCc1cc2c(COc3ccc([N+](=O)[O-])cc3Cl)cc(=O)oc2cc1O. The highest BCUT2D eigenvalue weighted by Gasteiger charge is 2.13. The molecule has 0 amide bonds. The van der Waals surface area contributed by atoms with Crippen LogP contribution in [0.5, 0.6) is 11.5 Å². The Bertz CT molecular complexity index is 1060. The zero-order valence-electron chi connectivity index (χ0n) is 13.7. The van der Waals surface area contributed by atoms with Crippen molar-refractivity contribution in [1.29, 1.82) is 0 Å². The maximum Gasteiger partial charge on any atom is 0.336 e. The lowest BCUT2D eigenvalue weighted by molar-refractivity contribution is -0.384. The number of benzene rings is 2. The first-order chi connectivity index (χ1) is 12.4. The maximum atomic E-state index is 11.8. The first-order valence-electron chi connectivity index (χ1n) is 7.74. The summed E-state index contributed by atoms with van der Waals surface area (Å²) in [6.45, 7) is 1.90. The van der Waals surface area contributed by atoms with Gasteiger partial charge in [0.15, 0.2) is 0 Å². The van der Waals surface area contributed by atoms with Crippen LogP contribution < -0.4 is 10.4 Å². The molecular formula is C18H14ClNO6. The van der Waals surface area contributed by atoms with Gasteiger partial charge < -0.3 is 14.3 Å². The van der Waals surface area contributed by atoms with Crippen LogP contribution in [0.25, 0.3) is 11.0 Å². The second-order valence-corrected chi connectivity index (χ2v) is 5.99. The standard InChI is InChI=1S/C18H14ClNO6/c1-2-10-5-13-11(6-18(22)26-17(13)8-15(10)21)9-25-16-4-3-12(20(23)24)7-14(16)19/h3-8,21H,2,9H2,1H3. The summed E-state index contributed by atoms with van der Waals surface area (Å²) in [7, 11) is 0. The van der Waals surface area contributed by atoms with Gasteiger partial charge in [-0.2, -0.15) is 0 Å². The fourth-order valence-electron chi connectivity index (χ4n) is 2.59. The number of nitro groups is 1. The van der Waals surface area contributed by atoms with Crippen LogP contribution in [-0.4, -0.2) is 10.0 Å². The van der Waals surface area contributed by atoms with Crippen molar-refractivity contribution >= 4 is 28.3 Å². The number of nitro benzene ring substituents is 1. The molecule has 0 aliphatic heterocycles. The second-order valence-electron chi connectivity index (χ2n) is 5.58. The normalized spacial score (nSPS) is 10.8. The first-order valence-corrected chi connectivity index (χ1v) is 8.12. The Morgan fingerprint density at radius 1 is 1.23 bits per heavy atom. The molecule has 0 saturated heterocycles. The van der Waals surface area contributed by atoms with Crippen molar-refractivity contribution in [2.24, 2.45) is 0 Å². The molecule has 1 N–H and O–H groups in total. The van der Waals surface area contributed by atoms with Crippen molar-refractivity contribution < 1.29 is 19.2 Å². The molecule has 0 unspecified atom stereocenters. The van der Waals surface area contributed by atoms with Gasteiger partial charge in [0.1, 0.15) is 23.7 Å². The van der Waals surface area contributed by atoms with Crippen molar-refractivity contribution in [1.82, 2.24) is 0 Å². The van der Waals surface area contributed by atoms with Gasteiger partial charge in [-0.1, -0.05) is 18.5 Å². The van der Waals surface area contributed by atoms with Crippen LogP contribution in [0.3, 0.4) is 0 Å². The predicted octanol–water partition coefficient (Wildman–Crippen LogP) is 4.20. The van der Waals surface area contributed by atoms with Crippen LogP contribution >= 0.6 is 11.6 Å². The minimum absolute atomic E-state index is 0.00750. The van der Waals surface area contributed by atoms with Gasteiger partial charge in [0, 0.05) is 35.2 Å². The van der Waals surface area contributed by atoms with E-state index >= 15 is 0 Å². The number of aryl methyl sites for hydroxylation is 1. The summed E-state index contributed by atoms with van der Waals surface area (Å²) in [6, 6.07) is 8.32. The summed E-state index contributed by atoms with van der Waals surface area (Å²) < 4.78 is 10.8. The number of ether oxygens (including phenoxy) is 1. The summed E-state index contributed by atoms with van der Waals surface area (Å²) in [6.07, 6.45) is 0.607. The van der Waals surface area contributed by atoms with Crippen molar-refractivity contribution in [3.8, 4) is 11.5 Å². The van der Waals surface area contributed by atoms with E-state index in [1.165, 1.54) is 30.3 Å². The number of phenols is 1. The number of phenolic OH excluding ortho intramolecular Hbond substituents is 1. The van der Waals surface area contributed by atoms with E-state index in [0.29, 0.717) is 22.9 Å². The van der Waals surface area contributed by atoms with Crippen molar-refractivity contribution in [2.75, 3.05) is 0 Å². The number of non-ortho nitro benzene ring substituents is 1. The lowest BCUT2D eigenvalue weighted by atomic mass is 10.0. The van der Waals surface area contributed by atoms with Crippen molar-refractivity contribution in [2.45, 2.75) is 20.0 Å². The lowest BCUT2D eigenvalue weighted by Crippen LogP contribution is -2.05. The summed E-state index contributed by atoms with van der Waals surface area (Å²) >= 11 is 6.01. The fourth-order valence-corrected chi connectivity index (χ4v) is 2.81. The van der Waals surface area contributed by atoms with E-state index in [0.717, 1.165) is 0 Å². The number of rotatable bonds is 5. The highest BCUT2D eigenvalue weighted by Crippen LogP contribution is 2.31. The third-order valence-corrected chi connectivity index (χ3v) is 4.22. The molecule has 1 aromatic heterocycles. The molecule has 8 heteroatoms. The molecule has 0 fully saturated rings. The summed E-state index contributed by atoms with van der Waals surface area (Å²) in [5, 5.41) is 21.4. The third kappa shape index (κ3) is 3.48. The summed E-state index contributed by atoms with van der Waals surface area (Å²) in [5.74, 6) is 0.313. The minimum Gasteiger partial charge on any atom is -0.508 e. The number of nitrogens with zero attached hydrogens (tertiary/aromatic N) is 1. The molecule has 3 aromatic rings. The molecular weight excluding hydrogens is 362 g/mol. The summed E-state index contributed by atoms with van der Waals surface area (Å²) in [4.78, 5) is 22.0. The van der Waals surface area contributed by atoms with Crippen LogP contribution in [0.1, 0.15) is 18.1 Å². The van der Waals surface area contributed by atoms with E-state index in [1.807, 2.05) is 6.92 Å². The Balaban J connectivity index is 1.96. The quantitative estimate of drug-likeness (QED) is 0.407. The molecule has 0 spiro atoms. The number of halogens is 1. The third-order valence-electron chi connectivity index (χ3n) is 3.92. The Morgan fingerprint density at radius 3 is 2.65 bits per heavy atom. The smallest absolute Gasteiger partial charge is 0.336 e. The Morgan fingerprint density at radius 2 is 2.00 bits per heavy atom. The number of hydrogen-bond acceptors (Lipinski definition) is 6. The monoisotopic (exact) mass is 375 g/mol. The molecule has 0 saturated carbocycles. The molecule has 2 aromatic carbocycles. The van der Waals surface area contributed by atoms with Crippen LogP contribution in [0.15, 0.2) is 45.6 Å². The average molecular weight is 376 g/mol. The molecule has 0 aliphatic rings. The highest BCUT2D eigenvalue weighted by atomic mass is 35.5. The van der Waals surface area contributed by atoms with Crippen LogP contribution in [0.2, 0.25) is 5.02 Å². The lowest BCUT2D eigenvalue weighted by Gasteiger charge is -2.11. The van der Waals surface area contributed by atoms with Gasteiger partial charge in [-0.25, -0.2) is 4.79 Å². The summed E-state index contributed by atoms with van der Waals surface area (Å²) in [5.41, 5.74) is 0.799. The molecule has 0 radical (unpaired) electrons. The van der Waals surface area contributed by atoms with Crippen LogP contribution in [-0.2, 0) is 13.0 Å². The number of hydrogen-bond donors (Lipinski definition) is 1. The van der Waals surface area contributed by atoms with E-state index in [-0.39, 0.29) is 34.4 Å². The first kappa shape index (κ1) is 17.8. The van der Waals surface area contributed by atoms with Crippen molar-refractivity contribution in [3.05, 3.63) is 73.1 Å².